The third-order valence-corrected chi connectivity index (χ3v) is 3.33. The highest BCUT2D eigenvalue weighted by Crippen LogP contribution is 2.50. The summed E-state index contributed by atoms with van der Waals surface area (Å²) in [6.07, 6.45) is 2.27. The van der Waals surface area contributed by atoms with Gasteiger partial charge in [-0.2, -0.15) is 5.26 Å². The molecule has 2 heterocycles. The van der Waals surface area contributed by atoms with Gasteiger partial charge in [0.2, 0.25) is 0 Å². The van der Waals surface area contributed by atoms with Gasteiger partial charge in [0, 0.05) is 5.92 Å². The van der Waals surface area contributed by atoms with Crippen molar-refractivity contribution < 1.29 is 18.7 Å². The third kappa shape index (κ3) is 1.94. The summed E-state index contributed by atoms with van der Waals surface area (Å²) in [6, 6.07) is 5.44. The van der Waals surface area contributed by atoms with Gasteiger partial charge in [-0.05, 0) is 19.1 Å². The molecule has 100 valence electrons. The van der Waals surface area contributed by atoms with Crippen molar-refractivity contribution in [2.45, 2.75) is 13.0 Å². The normalized spacial score (nSPS) is 29.7. The van der Waals surface area contributed by atoms with Gasteiger partial charge in [0.25, 0.3) is 0 Å². The number of furan rings is 1. The Bertz CT molecular complexity index is 502. The lowest BCUT2D eigenvalue weighted by atomic mass is 9.73. The average Bonchev–Trinajstić information content (AvgIpc) is 3.05. The van der Waals surface area contributed by atoms with Gasteiger partial charge in [-0.3, -0.25) is 4.79 Å². The minimum atomic E-state index is -1.43. The third-order valence-electron chi connectivity index (χ3n) is 3.33. The van der Waals surface area contributed by atoms with E-state index in [0.717, 1.165) is 0 Å². The van der Waals surface area contributed by atoms with Crippen LogP contribution in [0.1, 0.15) is 18.8 Å². The van der Waals surface area contributed by atoms with Crippen molar-refractivity contribution in [1.82, 2.24) is 0 Å². The van der Waals surface area contributed by atoms with E-state index in [2.05, 4.69) is 12.6 Å². The molecule has 1 saturated heterocycles. The summed E-state index contributed by atoms with van der Waals surface area (Å²) in [5.41, 5.74) is -1.43. The first kappa shape index (κ1) is 13.4. The van der Waals surface area contributed by atoms with Crippen molar-refractivity contribution in [3.05, 3.63) is 36.8 Å². The first-order chi connectivity index (χ1) is 9.20. The monoisotopic (exact) mass is 261 g/mol. The summed E-state index contributed by atoms with van der Waals surface area (Å²) in [7, 11) is 0. The fourth-order valence-electron chi connectivity index (χ4n) is 2.35. The number of rotatable bonds is 4. The highest BCUT2D eigenvalue weighted by molar-refractivity contribution is 5.82. The zero-order chi connectivity index (χ0) is 13.9. The van der Waals surface area contributed by atoms with Crippen LogP contribution in [0, 0.1) is 22.7 Å². The van der Waals surface area contributed by atoms with Crippen LogP contribution in [0.4, 0.5) is 0 Å². The van der Waals surface area contributed by atoms with E-state index in [0.29, 0.717) is 5.76 Å². The molecule has 1 aromatic heterocycles. The molecule has 0 saturated carbocycles. The van der Waals surface area contributed by atoms with Crippen molar-refractivity contribution in [3.8, 4) is 6.07 Å². The van der Waals surface area contributed by atoms with Gasteiger partial charge in [-0.15, -0.1) is 6.58 Å². The number of carbonyl (C=O) groups is 1. The zero-order valence-corrected chi connectivity index (χ0v) is 10.7. The molecular formula is C14H15NO4. The van der Waals surface area contributed by atoms with Crippen LogP contribution in [-0.2, 0) is 14.3 Å². The second-order valence-corrected chi connectivity index (χ2v) is 4.27. The van der Waals surface area contributed by atoms with Crippen LogP contribution in [-0.4, -0.2) is 19.2 Å². The molecule has 5 heteroatoms. The van der Waals surface area contributed by atoms with Crippen molar-refractivity contribution in [1.29, 1.82) is 5.26 Å². The molecule has 5 nitrogen and oxygen atoms in total. The molecule has 0 radical (unpaired) electrons. The molecule has 0 spiro atoms. The van der Waals surface area contributed by atoms with Crippen LogP contribution in [0.15, 0.2) is 35.5 Å². The number of ether oxygens (including phenoxy) is 2. The first-order valence-corrected chi connectivity index (χ1v) is 6.06. The van der Waals surface area contributed by atoms with Crippen LogP contribution in [0.5, 0.6) is 0 Å². The molecule has 1 aliphatic heterocycles. The molecule has 0 N–H and O–H groups in total. The summed E-state index contributed by atoms with van der Waals surface area (Å²) in [6.45, 7) is 5.82. The molecule has 1 fully saturated rings. The fraction of sp³-hybridized carbons (Fsp3) is 0.429. The summed E-state index contributed by atoms with van der Waals surface area (Å²) >= 11 is 0. The lowest BCUT2D eigenvalue weighted by Gasteiger charge is -2.26. The Labute approximate surface area is 111 Å². The second kappa shape index (κ2) is 5.29. The predicted octanol–water partition coefficient (Wildman–Crippen LogP) is 2.23. The van der Waals surface area contributed by atoms with Crippen LogP contribution in [0.2, 0.25) is 0 Å². The van der Waals surface area contributed by atoms with Crippen molar-refractivity contribution in [3.63, 3.8) is 0 Å². The van der Waals surface area contributed by atoms with E-state index in [4.69, 9.17) is 13.9 Å². The van der Waals surface area contributed by atoms with E-state index in [-0.39, 0.29) is 13.2 Å². The fourth-order valence-corrected chi connectivity index (χ4v) is 2.35. The van der Waals surface area contributed by atoms with E-state index in [1.165, 1.54) is 6.26 Å². The summed E-state index contributed by atoms with van der Waals surface area (Å²) in [4.78, 5) is 12.3. The number of nitrogens with zero attached hydrogens (tertiary/aromatic N) is 1. The minimum absolute atomic E-state index is 0.205. The average molecular weight is 261 g/mol. The Kier molecular flexibility index (Phi) is 3.72. The van der Waals surface area contributed by atoms with Gasteiger partial charge in [-0.25, -0.2) is 0 Å². The quantitative estimate of drug-likeness (QED) is 0.613. The van der Waals surface area contributed by atoms with E-state index in [1.807, 2.05) is 0 Å². The smallest absolute Gasteiger partial charge is 0.330 e. The second-order valence-electron chi connectivity index (χ2n) is 4.27. The van der Waals surface area contributed by atoms with Gasteiger partial charge in [0.15, 0.2) is 5.41 Å². The van der Waals surface area contributed by atoms with Crippen LogP contribution in [0.3, 0.4) is 0 Å². The van der Waals surface area contributed by atoms with Gasteiger partial charge >= 0.3 is 5.97 Å². The largest absolute Gasteiger partial charge is 0.467 e. The maximum absolute atomic E-state index is 12.3. The summed E-state index contributed by atoms with van der Waals surface area (Å²) in [5.74, 6) is -0.577. The summed E-state index contributed by atoms with van der Waals surface area (Å²) in [5, 5.41) is 9.56. The zero-order valence-electron chi connectivity index (χ0n) is 10.7. The lowest BCUT2D eigenvalue weighted by Crippen LogP contribution is -2.39. The molecule has 0 aromatic carbocycles. The van der Waals surface area contributed by atoms with E-state index in [1.54, 1.807) is 25.1 Å². The molecule has 3 atom stereocenters. The SMILES string of the molecule is C=CC1COC(c2ccco2)C1(C#N)C(=O)OCC. The van der Waals surface area contributed by atoms with Gasteiger partial charge < -0.3 is 13.9 Å². The molecule has 0 aliphatic carbocycles. The Morgan fingerprint density at radius 2 is 2.58 bits per heavy atom. The van der Waals surface area contributed by atoms with Gasteiger partial charge in [-0.1, -0.05) is 6.08 Å². The van der Waals surface area contributed by atoms with E-state index < -0.39 is 23.4 Å². The van der Waals surface area contributed by atoms with Crippen molar-refractivity contribution >= 4 is 5.97 Å². The molecule has 2 rings (SSSR count). The number of carbonyl (C=O) groups excluding carboxylic acids is 1. The standard InChI is InChI=1S/C14H15NO4/c1-3-10-8-19-12(11-6-5-7-18-11)14(10,9-15)13(16)17-4-2/h3,5-7,10,12H,1,4,8H2,2H3. The van der Waals surface area contributed by atoms with E-state index >= 15 is 0 Å². The number of nitriles is 1. The maximum Gasteiger partial charge on any atom is 0.330 e. The number of hydrogen-bond donors (Lipinski definition) is 0. The van der Waals surface area contributed by atoms with E-state index in [9.17, 15) is 10.1 Å². The Morgan fingerprint density at radius 3 is 3.11 bits per heavy atom. The Hall–Kier alpha value is -2.06. The first-order valence-electron chi connectivity index (χ1n) is 6.06. The maximum atomic E-state index is 12.3. The van der Waals surface area contributed by atoms with Crippen molar-refractivity contribution in [2.24, 2.45) is 11.3 Å². The van der Waals surface area contributed by atoms with Gasteiger partial charge in [0.05, 0.1) is 25.5 Å². The molecule has 0 amide bonds. The highest BCUT2D eigenvalue weighted by atomic mass is 16.5. The lowest BCUT2D eigenvalue weighted by molar-refractivity contribution is -0.156. The topological polar surface area (TPSA) is 72.5 Å². The molecule has 19 heavy (non-hydrogen) atoms. The van der Waals surface area contributed by atoms with Gasteiger partial charge in [0.1, 0.15) is 11.9 Å². The molecular weight excluding hydrogens is 246 g/mol. The predicted molar refractivity (Wildman–Crippen MR) is 65.8 cm³/mol. The molecule has 1 aromatic rings. The molecule has 0 bridgehead atoms. The highest BCUT2D eigenvalue weighted by Gasteiger charge is 2.59. The number of esters is 1. The number of hydrogen-bond acceptors (Lipinski definition) is 5. The van der Waals surface area contributed by atoms with Crippen LogP contribution in [0.25, 0.3) is 0 Å². The van der Waals surface area contributed by atoms with Crippen LogP contribution < -0.4 is 0 Å². The molecule has 3 unspecified atom stereocenters. The van der Waals surface area contributed by atoms with Crippen LogP contribution >= 0.6 is 0 Å². The Morgan fingerprint density at radius 1 is 1.79 bits per heavy atom. The minimum Gasteiger partial charge on any atom is -0.467 e. The Balaban J connectivity index is 2.46. The summed E-state index contributed by atoms with van der Waals surface area (Å²) < 4.78 is 15.9. The molecule has 1 aliphatic rings. The van der Waals surface area contributed by atoms with Crippen molar-refractivity contribution in [2.75, 3.05) is 13.2 Å².